The van der Waals surface area contributed by atoms with Crippen molar-refractivity contribution < 1.29 is 9.53 Å². The fourth-order valence-corrected chi connectivity index (χ4v) is 1.71. The Morgan fingerprint density at radius 1 is 1.47 bits per heavy atom. The summed E-state index contributed by atoms with van der Waals surface area (Å²) in [6, 6.07) is 0. The van der Waals surface area contributed by atoms with Gasteiger partial charge in [-0.2, -0.15) is 0 Å². The van der Waals surface area contributed by atoms with Crippen molar-refractivity contribution in [1.82, 2.24) is 10.2 Å². The van der Waals surface area contributed by atoms with Gasteiger partial charge in [0.25, 0.3) is 0 Å². The number of hydrogen-bond donors (Lipinski definition) is 2. The van der Waals surface area contributed by atoms with Crippen LogP contribution in [0.2, 0.25) is 0 Å². The van der Waals surface area contributed by atoms with Crippen LogP contribution in [0.3, 0.4) is 0 Å². The second-order valence-corrected chi connectivity index (χ2v) is 5.60. The standard InChI is InChI=1S/C12H25N3O2/c1-12(2,3)17-11(16)15-8-10(9-15)7-14-6-4-5-13/h10,14H,4-9,13H2,1-3H3. The highest BCUT2D eigenvalue weighted by Gasteiger charge is 2.33. The first kappa shape index (κ1) is 14.3. The fraction of sp³-hybridized carbons (Fsp3) is 0.917. The minimum absolute atomic E-state index is 0.198. The van der Waals surface area contributed by atoms with Gasteiger partial charge in [0.05, 0.1) is 0 Å². The van der Waals surface area contributed by atoms with Crippen LogP contribution in [0.4, 0.5) is 4.79 Å². The predicted molar refractivity (Wildman–Crippen MR) is 67.8 cm³/mol. The van der Waals surface area contributed by atoms with E-state index in [1.165, 1.54) is 0 Å². The molecule has 0 radical (unpaired) electrons. The Hall–Kier alpha value is -0.810. The van der Waals surface area contributed by atoms with E-state index in [2.05, 4.69) is 5.32 Å². The van der Waals surface area contributed by atoms with Crippen LogP contribution in [0.5, 0.6) is 0 Å². The Labute approximate surface area is 104 Å². The van der Waals surface area contributed by atoms with Crippen molar-refractivity contribution >= 4 is 6.09 Å². The van der Waals surface area contributed by atoms with Gasteiger partial charge in [-0.1, -0.05) is 0 Å². The third-order valence-corrected chi connectivity index (χ3v) is 2.60. The lowest BCUT2D eigenvalue weighted by Gasteiger charge is -2.39. The molecule has 100 valence electrons. The van der Waals surface area contributed by atoms with Crippen molar-refractivity contribution in [2.24, 2.45) is 11.7 Å². The first-order chi connectivity index (χ1) is 7.92. The minimum Gasteiger partial charge on any atom is -0.444 e. The van der Waals surface area contributed by atoms with Crippen LogP contribution in [-0.2, 0) is 4.74 Å². The zero-order valence-electron chi connectivity index (χ0n) is 11.2. The molecular formula is C12H25N3O2. The highest BCUT2D eigenvalue weighted by molar-refractivity contribution is 5.69. The normalized spacial score (nSPS) is 16.8. The van der Waals surface area contributed by atoms with Crippen LogP contribution in [0.1, 0.15) is 27.2 Å². The van der Waals surface area contributed by atoms with Crippen LogP contribution < -0.4 is 11.1 Å². The molecule has 1 heterocycles. The van der Waals surface area contributed by atoms with E-state index in [0.717, 1.165) is 39.1 Å². The maximum absolute atomic E-state index is 11.6. The van der Waals surface area contributed by atoms with E-state index in [1.54, 1.807) is 4.90 Å². The maximum Gasteiger partial charge on any atom is 0.410 e. The molecule has 5 nitrogen and oxygen atoms in total. The average Bonchev–Trinajstić information content (AvgIpc) is 2.11. The second-order valence-electron chi connectivity index (χ2n) is 5.60. The number of rotatable bonds is 5. The van der Waals surface area contributed by atoms with Crippen molar-refractivity contribution in [3.8, 4) is 0 Å². The highest BCUT2D eigenvalue weighted by Crippen LogP contribution is 2.18. The monoisotopic (exact) mass is 243 g/mol. The Balaban J connectivity index is 2.08. The largest absolute Gasteiger partial charge is 0.444 e. The Morgan fingerprint density at radius 3 is 2.65 bits per heavy atom. The SMILES string of the molecule is CC(C)(C)OC(=O)N1CC(CNCCCN)C1. The Bertz CT molecular complexity index is 245. The average molecular weight is 243 g/mol. The summed E-state index contributed by atoms with van der Waals surface area (Å²) in [5, 5.41) is 3.34. The summed E-state index contributed by atoms with van der Waals surface area (Å²) >= 11 is 0. The maximum atomic E-state index is 11.6. The number of amides is 1. The van der Waals surface area contributed by atoms with E-state index in [9.17, 15) is 4.79 Å². The summed E-state index contributed by atoms with van der Waals surface area (Å²) in [5.41, 5.74) is 5.00. The Morgan fingerprint density at radius 2 is 2.12 bits per heavy atom. The van der Waals surface area contributed by atoms with Crippen molar-refractivity contribution in [2.75, 3.05) is 32.7 Å². The lowest BCUT2D eigenvalue weighted by atomic mass is 10.0. The lowest BCUT2D eigenvalue weighted by Crippen LogP contribution is -2.54. The number of carbonyl (C=O) groups is 1. The molecule has 1 saturated heterocycles. The van der Waals surface area contributed by atoms with Gasteiger partial charge >= 0.3 is 6.09 Å². The minimum atomic E-state index is -0.401. The molecule has 1 aliphatic rings. The first-order valence-corrected chi connectivity index (χ1v) is 6.31. The summed E-state index contributed by atoms with van der Waals surface area (Å²) < 4.78 is 5.28. The molecule has 0 atom stereocenters. The van der Waals surface area contributed by atoms with Crippen molar-refractivity contribution in [2.45, 2.75) is 32.8 Å². The summed E-state index contributed by atoms with van der Waals surface area (Å²) in [6.45, 7) is 9.89. The molecule has 1 rings (SSSR count). The van der Waals surface area contributed by atoms with Gasteiger partial charge in [0, 0.05) is 25.6 Å². The molecule has 0 aromatic heterocycles. The van der Waals surface area contributed by atoms with E-state index in [0.29, 0.717) is 5.92 Å². The number of nitrogens with zero attached hydrogens (tertiary/aromatic N) is 1. The number of ether oxygens (including phenoxy) is 1. The molecule has 0 aliphatic carbocycles. The number of hydrogen-bond acceptors (Lipinski definition) is 4. The molecule has 1 amide bonds. The predicted octanol–water partition coefficient (Wildman–Crippen LogP) is 0.792. The summed E-state index contributed by atoms with van der Waals surface area (Å²) in [5.74, 6) is 0.556. The smallest absolute Gasteiger partial charge is 0.410 e. The number of likely N-dealkylation sites (tertiary alicyclic amines) is 1. The van der Waals surface area contributed by atoms with Crippen LogP contribution in [0.25, 0.3) is 0 Å². The molecule has 0 spiro atoms. The van der Waals surface area contributed by atoms with Crippen LogP contribution >= 0.6 is 0 Å². The summed E-state index contributed by atoms with van der Waals surface area (Å²) in [6.07, 6.45) is 0.804. The van der Waals surface area contributed by atoms with Gasteiger partial charge in [0.1, 0.15) is 5.60 Å². The van der Waals surface area contributed by atoms with E-state index < -0.39 is 5.60 Å². The van der Waals surface area contributed by atoms with Crippen LogP contribution in [0, 0.1) is 5.92 Å². The van der Waals surface area contributed by atoms with E-state index in [1.807, 2.05) is 20.8 Å². The number of carbonyl (C=O) groups excluding carboxylic acids is 1. The molecule has 0 bridgehead atoms. The van der Waals surface area contributed by atoms with Gasteiger partial charge in [0.2, 0.25) is 0 Å². The summed E-state index contributed by atoms with van der Waals surface area (Å²) in [4.78, 5) is 13.4. The van der Waals surface area contributed by atoms with Crippen LogP contribution in [-0.4, -0.2) is 49.3 Å². The molecule has 5 heteroatoms. The van der Waals surface area contributed by atoms with Gasteiger partial charge in [0.15, 0.2) is 0 Å². The van der Waals surface area contributed by atoms with Gasteiger partial charge < -0.3 is 20.7 Å². The zero-order valence-corrected chi connectivity index (χ0v) is 11.2. The molecule has 17 heavy (non-hydrogen) atoms. The zero-order chi connectivity index (χ0) is 12.9. The lowest BCUT2D eigenvalue weighted by molar-refractivity contribution is -0.000726. The quantitative estimate of drug-likeness (QED) is 0.701. The van der Waals surface area contributed by atoms with Gasteiger partial charge in [-0.3, -0.25) is 0 Å². The fourth-order valence-electron chi connectivity index (χ4n) is 1.71. The van der Waals surface area contributed by atoms with E-state index in [4.69, 9.17) is 10.5 Å². The highest BCUT2D eigenvalue weighted by atomic mass is 16.6. The van der Waals surface area contributed by atoms with Crippen molar-refractivity contribution in [3.63, 3.8) is 0 Å². The molecule has 0 aromatic rings. The third kappa shape index (κ3) is 5.37. The topological polar surface area (TPSA) is 67.6 Å². The first-order valence-electron chi connectivity index (χ1n) is 6.31. The van der Waals surface area contributed by atoms with Crippen molar-refractivity contribution in [3.05, 3.63) is 0 Å². The molecule has 0 saturated carbocycles. The molecule has 1 fully saturated rings. The Kier molecular flexibility index (Phi) is 5.21. The molecule has 1 aliphatic heterocycles. The third-order valence-electron chi connectivity index (χ3n) is 2.60. The van der Waals surface area contributed by atoms with E-state index >= 15 is 0 Å². The van der Waals surface area contributed by atoms with Gasteiger partial charge in [-0.15, -0.1) is 0 Å². The van der Waals surface area contributed by atoms with Crippen molar-refractivity contribution in [1.29, 1.82) is 0 Å². The number of nitrogens with two attached hydrogens (primary N) is 1. The molecule has 0 aromatic carbocycles. The number of nitrogens with one attached hydrogen (secondary N) is 1. The summed E-state index contributed by atoms with van der Waals surface area (Å²) in [7, 11) is 0. The van der Waals surface area contributed by atoms with Crippen LogP contribution in [0.15, 0.2) is 0 Å². The molecule has 0 unspecified atom stereocenters. The van der Waals surface area contributed by atoms with Gasteiger partial charge in [-0.05, 0) is 40.3 Å². The van der Waals surface area contributed by atoms with Gasteiger partial charge in [-0.25, -0.2) is 4.79 Å². The van der Waals surface area contributed by atoms with E-state index in [-0.39, 0.29) is 6.09 Å². The molecular weight excluding hydrogens is 218 g/mol. The second kappa shape index (κ2) is 6.21. The molecule has 3 N–H and O–H groups in total.